The fourth-order valence-corrected chi connectivity index (χ4v) is 4.56. The summed E-state index contributed by atoms with van der Waals surface area (Å²) in [5, 5.41) is 19.1. The van der Waals surface area contributed by atoms with E-state index >= 15 is 0 Å². The van der Waals surface area contributed by atoms with Crippen molar-refractivity contribution in [2.75, 3.05) is 17.7 Å². The molecular formula is C26H22Cl2N6O3. The average molecular weight is 537 g/mol. The Labute approximate surface area is 223 Å². The van der Waals surface area contributed by atoms with Crippen LogP contribution < -0.4 is 20.1 Å². The van der Waals surface area contributed by atoms with Crippen molar-refractivity contribution < 1.29 is 14.3 Å². The molecule has 2 heterocycles. The Morgan fingerprint density at radius 1 is 1.11 bits per heavy atom. The summed E-state index contributed by atoms with van der Waals surface area (Å²) >= 11 is 12.2. The maximum Gasteiger partial charge on any atom is 0.255 e. The topological polar surface area (TPSA) is 103 Å². The minimum absolute atomic E-state index is 0.283. The lowest BCUT2D eigenvalue weighted by Crippen LogP contribution is -2.31. The highest BCUT2D eigenvalue weighted by Crippen LogP contribution is 2.36. The van der Waals surface area contributed by atoms with Crippen LogP contribution in [0.4, 0.5) is 11.6 Å². The molecule has 0 bridgehead atoms. The van der Waals surface area contributed by atoms with E-state index in [9.17, 15) is 4.79 Å². The number of anilines is 2. The number of nitrogens with one attached hydrogen (secondary N) is 2. The molecule has 9 nitrogen and oxygen atoms in total. The normalized spacial score (nSPS) is 14.5. The number of rotatable bonds is 7. The van der Waals surface area contributed by atoms with Gasteiger partial charge in [0, 0.05) is 21.3 Å². The summed E-state index contributed by atoms with van der Waals surface area (Å²) in [6.45, 7) is 2.10. The van der Waals surface area contributed by atoms with Gasteiger partial charge in [0.1, 0.15) is 24.1 Å². The fraction of sp³-hybridized carbons (Fsp3) is 0.154. The highest BCUT2D eigenvalue weighted by Gasteiger charge is 2.34. The van der Waals surface area contributed by atoms with E-state index in [2.05, 4.69) is 26.2 Å². The molecule has 1 aromatic heterocycles. The third kappa shape index (κ3) is 5.09. The second-order valence-electron chi connectivity index (χ2n) is 8.26. The van der Waals surface area contributed by atoms with Gasteiger partial charge < -0.3 is 20.1 Å². The van der Waals surface area contributed by atoms with Crippen LogP contribution in [-0.4, -0.2) is 33.2 Å². The number of allylic oxidation sites excluding steroid dienone is 1. The van der Waals surface area contributed by atoms with Gasteiger partial charge in [-0.25, -0.2) is 0 Å². The Hall–Kier alpha value is -4.08. The molecule has 4 aromatic rings. The van der Waals surface area contributed by atoms with Crippen LogP contribution in [0.15, 0.2) is 78.0 Å². The van der Waals surface area contributed by atoms with Crippen LogP contribution in [-0.2, 0) is 11.4 Å². The van der Waals surface area contributed by atoms with Crippen molar-refractivity contribution in [1.29, 1.82) is 0 Å². The van der Waals surface area contributed by atoms with Crippen molar-refractivity contribution >= 4 is 40.7 Å². The number of benzene rings is 3. The van der Waals surface area contributed by atoms with Crippen LogP contribution in [0, 0.1) is 0 Å². The number of amides is 1. The predicted molar refractivity (Wildman–Crippen MR) is 141 cm³/mol. The van der Waals surface area contributed by atoms with Crippen molar-refractivity contribution in [3.8, 4) is 11.5 Å². The van der Waals surface area contributed by atoms with Crippen LogP contribution in [0.2, 0.25) is 10.0 Å². The molecule has 1 aliphatic rings. The third-order valence-corrected chi connectivity index (χ3v) is 6.51. The highest BCUT2D eigenvalue weighted by atomic mass is 35.5. The van der Waals surface area contributed by atoms with E-state index < -0.39 is 6.04 Å². The summed E-state index contributed by atoms with van der Waals surface area (Å²) in [7, 11) is 1.55. The number of carbonyl (C=O) groups is 1. The van der Waals surface area contributed by atoms with Gasteiger partial charge in [-0.05, 0) is 59.3 Å². The molecule has 188 valence electrons. The molecule has 11 heteroatoms. The zero-order valence-corrected chi connectivity index (χ0v) is 21.4. The van der Waals surface area contributed by atoms with Gasteiger partial charge in [0.05, 0.1) is 18.4 Å². The third-order valence-electron chi connectivity index (χ3n) is 5.92. The van der Waals surface area contributed by atoms with Crippen molar-refractivity contribution in [2.45, 2.75) is 19.6 Å². The number of carbonyl (C=O) groups excluding carboxylic acids is 1. The lowest BCUT2D eigenvalue weighted by molar-refractivity contribution is -0.113. The van der Waals surface area contributed by atoms with Crippen molar-refractivity contribution in [1.82, 2.24) is 20.2 Å². The molecule has 1 amide bonds. The van der Waals surface area contributed by atoms with Gasteiger partial charge in [-0.1, -0.05) is 58.6 Å². The van der Waals surface area contributed by atoms with E-state index in [1.165, 1.54) is 0 Å². The zero-order valence-electron chi connectivity index (χ0n) is 19.9. The summed E-state index contributed by atoms with van der Waals surface area (Å²) in [6.07, 6.45) is 0. The van der Waals surface area contributed by atoms with Crippen molar-refractivity contribution in [2.24, 2.45) is 0 Å². The molecule has 0 spiro atoms. The monoisotopic (exact) mass is 536 g/mol. The maximum atomic E-state index is 13.6. The Balaban J connectivity index is 1.41. The minimum Gasteiger partial charge on any atom is -0.495 e. The van der Waals surface area contributed by atoms with Crippen LogP contribution in [0.5, 0.6) is 11.5 Å². The second-order valence-corrected chi connectivity index (χ2v) is 9.10. The molecule has 0 radical (unpaired) electrons. The van der Waals surface area contributed by atoms with Crippen LogP contribution in [0.25, 0.3) is 0 Å². The second kappa shape index (κ2) is 10.5. The number of nitrogens with zero attached hydrogens (tertiary/aromatic N) is 4. The molecule has 3 aromatic carbocycles. The number of methoxy groups -OCH3 is 1. The highest BCUT2D eigenvalue weighted by molar-refractivity contribution is 6.35. The smallest absolute Gasteiger partial charge is 0.255 e. The minimum atomic E-state index is -0.569. The number of hydrogen-bond acceptors (Lipinski definition) is 7. The number of aromatic nitrogens is 4. The summed E-state index contributed by atoms with van der Waals surface area (Å²) in [5.74, 6) is 1.33. The average Bonchev–Trinajstić information content (AvgIpc) is 3.36. The van der Waals surface area contributed by atoms with Crippen molar-refractivity contribution in [3.05, 3.63) is 99.2 Å². The van der Waals surface area contributed by atoms with E-state index in [1.54, 1.807) is 36.1 Å². The van der Waals surface area contributed by atoms with E-state index in [1.807, 2.05) is 49.4 Å². The first-order chi connectivity index (χ1) is 17.9. The molecule has 1 aliphatic heterocycles. The summed E-state index contributed by atoms with van der Waals surface area (Å²) in [6, 6.07) is 19.3. The zero-order chi connectivity index (χ0) is 25.9. The first-order valence-electron chi connectivity index (χ1n) is 11.3. The van der Waals surface area contributed by atoms with E-state index in [0.717, 1.165) is 11.1 Å². The molecule has 0 saturated heterocycles. The Bertz CT molecular complexity index is 1490. The van der Waals surface area contributed by atoms with Crippen LogP contribution in [0.3, 0.4) is 0 Å². The summed E-state index contributed by atoms with van der Waals surface area (Å²) < 4.78 is 12.9. The van der Waals surface area contributed by atoms with Gasteiger partial charge in [-0.3, -0.25) is 4.79 Å². The number of tetrazole rings is 1. The number of para-hydroxylation sites is 2. The summed E-state index contributed by atoms with van der Waals surface area (Å²) in [4.78, 5) is 13.6. The standard InChI is InChI=1S/C26H22Cl2N6O3/c1-15-23(25(35)30-21-5-3-4-6-22(21)36-2)24(34-26(29-15)31-32-33-34)16-8-11-19(12-9-16)37-14-17-7-10-18(27)13-20(17)28/h3-13,24H,14H2,1-2H3,(H,30,35)(H,29,31,33). The van der Waals surface area contributed by atoms with Crippen LogP contribution in [0.1, 0.15) is 24.1 Å². The SMILES string of the molecule is COc1ccccc1NC(=O)C1=C(C)Nc2nnnn2C1c1ccc(OCc2ccc(Cl)cc2Cl)cc1. The first-order valence-corrected chi connectivity index (χ1v) is 12.1. The number of fused-ring (bicyclic) bond motifs is 1. The lowest BCUT2D eigenvalue weighted by Gasteiger charge is -2.28. The van der Waals surface area contributed by atoms with E-state index in [4.69, 9.17) is 32.7 Å². The van der Waals surface area contributed by atoms with Gasteiger partial charge in [-0.2, -0.15) is 4.68 Å². The summed E-state index contributed by atoms with van der Waals surface area (Å²) in [5.41, 5.74) is 3.28. The largest absolute Gasteiger partial charge is 0.495 e. The molecule has 5 rings (SSSR count). The van der Waals surface area contributed by atoms with Gasteiger partial charge in [0.15, 0.2) is 0 Å². The lowest BCUT2D eigenvalue weighted by atomic mass is 9.95. The maximum absolute atomic E-state index is 13.6. The molecule has 0 aliphatic carbocycles. The molecular weight excluding hydrogens is 515 g/mol. The quantitative estimate of drug-likeness (QED) is 0.321. The van der Waals surface area contributed by atoms with Crippen LogP contribution >= 0.6 is 23.2 Å². The Morgan fingerprint density at radius 3 is 2.65 bits per heavy atom. The predicted octanol–water partition coefficient (Wildman–Crippen LogP) is 5.50. The molecule has 37 heavy (non-hydrogen) atoms. The Morgan fingerprint density at radius 2 is 1.89 bits per heavy atom. The van der Waals surface area contributed by atoms with Gasteiger partial charge in [0.2, 0.25) is 5.95 Å². The molecule has 2 N–H and O–H groups in total. The molecule has 1 unspecified atom stereocenters. The van der Waals surface area contributed by atoms with Gasteiger partial charge >= 0.3 is 0 Å². The molecule has 1 atom stereocenters. The number of halogens is 2. The van der Waals surface area contributed by atoms with E-state index in [0.29, 0.717) is 44.5 Å². The molecule has 0 fully saturated rings. The van der Waals surface area contributed by atoms with Crippen molar-refractivity contribution in [3.63, 3.8) is 0 Å². The van der Waals surface area contributed by atoms with Gasteiger partial charge in [0.25, 0.3) is 5.91 Å². The van der Waals surface area contributed by atoms with E-state index in [-0.39, 0.29) is 12.5 Å². The fourth-order valence-electron chi connectivity index (χ4n) is 4.10. The Kier molecular flexibility index (Phi) is 6.98. The first kappa shape index (κ1) is 24.6. The number of hydrogen-bond donors (Lipinski definition) is 2. The molecule has 0 saturated carbocycles. The number of ether oxygens (including phenoxy) is 2. The van der Waals surface area contributed by atoms with Gasteiger partial charge in [-0.15, -0.1) is 0 Å².